The molecule has 1 fully saturated rings. The molecule has 0 spiro atoms. The number of piperidine rings is 1. The Balaban J connectivity index is 0.00000144. The van der Waals surface area contributed by atoms with Crippen LogP contribution in [0.5, 0.6) is 0 Å². The summed E-state index contributed by atoms with van der Waals surface area (Å²) in [7, 11) is 0. The molecule has 1 aromatic carbocycles. The predicted octanol–water partition coefficient (Wildman–Crippen LogP) is -3.03. The minimum Gasteiger partial charge on any atom is -0.548 e. The molecule has 1 aliphatic heterocycles. The number of nitrogens with one attached hydrogen (secondary N) is 2. The molecule has 86 valence electrons. The molecule has 0 saturated carbocycles. The Labute approximate surface area is 123 Å². The van der Waals surface area contributed by atoms with Gasteiger partial charge in [-0.05, 0) is 38.1 Å². The minimum atomic E-state index is -1.02. The van der Waals surface area contributed by atoms with Gasteiger partial charge in [0, 0.05) is 5.69 Å². The van der Waals surface area contributed by atoms with Crippen molar-refractivity contribution in [1.29, 1.82) is 0 Å². The number of hydrogen-bond acceptors (Lipinski definition) is 4. The number of carboxylic acids is 1. The molecule has 0 aliphatic carbocycles. The third-order valence-electron chi connectivity index (χ3n) is 3.01. The summed E-state index contributed by atoms with van der Waals surface area (Å²) in [4.78, 5) is 11.3. The SMILES string of the molecule is O=C([O-])C1(Nc2ccccc2)CCNCC1.[Na+]. The number of carbonyl (C=O) groups excluding carboxylic acids is 1. The Hall–Kier alpha value is -0.550. The second kappa shape index (κ2) is 6.40. The molecule has 1 heterocycles. The molecule has 2 rings (SSSR count). The Bertz CT molecular complexity index is 364. The zero-order valence-corrected chi connectivity index (χ0v) is 12.0. The monoisotopic (exact) mass is 242 g/mol. The number of carbonyl (C=O) groups is 1. The van der Waals surface area contributed by atoms with E-state index in [1.807, 2.05) is 30.3 Å². The van der Waals surface area contributed by atoms with Crippen LogP contribution in [0.2, 0.25) is 0 Å². The fraction of sp³-hybridized carbons (Fsp3) is 0.417. The van der Waals surface area contributed by atoms with E-state index in [0.29, 0.717) is 25.9 Å². The molecular weight excluding hydrogens is 227 g/mol. The van der Waals surface area contributed by atoms with Crippen molar-refractivity contribution in [1.82, 2.24) is 5.32 Å². The van der Waals surface area contributed by atoms with Crippen molar-refractivity contribution in [3.05, 3.63) is 30.3 Å². The van der Waals surface area contributed by atoms with Crippen LogP contribution in [0.15, 0.2) is 30.3 Å². The third-order valence-corrected chi connectivity index (χ3v) is 3.01. The van der Waals surface area contributed by atoms with E-state index in [-0.39, 0.29) is 29.6 Å². The number of hydrogen-bond donors (Lipinski definition) is 2. The van der Waals surface area contributed by atoms with Gasteiger partial charge in [-0.2, -0.15) is 0 Å². The molecular formula is C12H15N2NaO2. The average Bonchev–Trinajstić information content (AvgIpc) is 2.31. The summed E-state index contributed by atoms with van der Waals surface area (Å²) < 4.78 is 0. The summed E-state index contributed by atoms with van der Waals surface area (Å²) in [5.41, 5.74) is -0.0966. The van der Waals surface area contributed by atoms with E-state index in [2.05, 4.69) is 10.6 Å². The van der Waals surface area contributed by atoms with Gasteiger partial charge in [-0.25, -0.2) is 0 Å². The van der Waals surface area contributed by atoms with Gasteiger partial charge in [0.15, 0.2) is 0 Å². The Morgan fingerprint density at radius 3 is 2.35 bits per heavy atom. The standard InChI is InChI=1S/C12H16N2O2.Na/c15-11(16)12(6-8-13-9-7-12)14-10-4-2-1-3-5-10;/h1-5,13-14H,6-9H2,(H,15,16);/q;+1/p-1. The molecule has 0 unspecified atom stereocenters. The fourth-order valence-electron chi connectivity index (χ4n) is 2.03. The summed E-state index contributed by atoms with van der Waals surface area (Å²) in [6, 6.07) is 9.40. The second-order valence-corrected chi connectivity index (χ2v) is 4.11. The van der Waals surface area contributed by atoms with Crippen LogP contribution in [0.4, 0.5) is 5.69 Å². The number of anilines is 1. The van der Waals surface area contributed by atoms with Gasteiger partial charge < -0.3 is 20.5 Å². The van der Waals surface area contributed by atoms with Gasteiger partial charge in [0.25, 0.3) is 0 Å². The van der Waals surface area contributed by atoms with Gasteiger partial charge in [0.2, 0.25) is 0 Å². The molecule has 5 heteroatoms. The molecule has 17 heavy (non-hydrogen) atoms. The summed E-state index contributed by atoms with van der Waals surface area (Å²) >= 11 is 0. The van der Waals surface area contributed by atoms with Gasteiger partial charge >= 0.3 is 29.6 Å². The van der Waals surface area contributed by atoms with Crippen LogP contribution >= 0.6 is 0 Å². The molecule has 0 aromatic heterocycles. The van der Waals surface area contributed by atoms with E-state index < -0.39 is 11.5 Å². The van der Waals surface area contributed by atoms with Crippen LogP contribution in [-0.4, -0.2) is 24.6 Å². The van der Waals surface area contributed by atoms with Crippen LogP contribution in [0.3, 0.4) is 0 Å². The van der Waals surface area contributed by atoms with Gasteiger partial charge in [0.05, 0.1) is 11.5 Å². The number of aliphatic carboxylic acids is 1. The first-order chi connectivity index (χ1) is 7.73. The van der Waals surface area contributed by atoms with Crippen molar-refractivity contribution in [3.63, 3.8) is 0 Å². The number of para-hydroxylation sites is 1. The molecule has 1 aromatic rings. The molecule has 1 aliphatic rings. The first-order valence-electron chi connectivity index (χ1n) is 5.48. The molecule has 0 amide bonds. The first kappa shape index (κ1) is 14.5. The van der Waals surface area contributed by atoms with Gasteiger partial charge in [-0.15, -0.1) is 0 Å². The maximum Gasteiger partial charge on any atom is 1.00 e. The smallest absolute Gasteiger partial charge is 0.548 e. The van der Waals surface area contributed by atoms with Crippen LogP contribution in [-0.2, 0) is 4.79 Å². The summed E-state index contributed by atoms with van der Waals surface area (Å²) in [6.07, 6.45) is 1.09. The predicted molar refractivity (Wildman–Crippen MR) is 59.9 cm³/mol. The third kappa shape index (κ3) is 3.45. The molecule has 0 atom stereocenters. The first-order valence-corrected chi connectivity index (χ1v) is 5.48. The average molecular weight is 242 g/mol. The van der Waals surface area contributed by atoms with Crippen molar-refractivity contribution in [3.8, 4) is 0 Å². The Kier molecular flexibility index (Phi) is 5.46. The Morgan fingerprint density at radius 2 is 1.82 bits per heavy atom. The van der Waals surface area contributed by atoms with E-state index >= 15 is 0 Å². The normalized spacial score (nSPS) is 17.9. The topological polar surface area (TPSA) is 64.2 Å². The van der Waals surface area contributed by atoms with E-state index in [9.17, 15) is 9.90 Å². The maximum atomic E-state index is 11.3. The summed E-state index contributed by atoms with van der Waals surface area (Å²) in [6.45, 7) is 1.40. The van der Waals surface area contributed by atoms with Gasteiger partial charge in [-0.3, -0.25) is 0 Å². The molecule has 1 saturated heterocycles. The van der Waals surface area contributed by atoms with Crippen molar-refractivity contribution in [2.45, 2.75) is 18.4 Å². The second-order valence-electron chi connectivity index (χ2n) is 4.11. The zero-order chi connectivity index (χ0) is 11.4. The quantitative estimate of drug-likeness (QED) is 0.554. The number of carboxylic acid groups (broad SMARTS) is 1. The molecule has 2 N–H and O–H groups in total. The molecule has 4 nitrogen and oxygen atoms in total. The minimum absolute atomic E-state index is 0. The summed E-state index contributed by atoms with van der Waals surface area (Å²) in [5.74, 6) is -1.02. The van der Waals surface area contributed by atoms with Crippen LogP contribution < -0.4 is 45.3 Å². The van der Waals surface area contributed by atoms with E-state index in [1.165, 1.54) is 0 Å². The Morgan fingerprint density at radius 1 is 1.24 bits per heavy atom. The zero-order valence-electron chi connectivity index (χ0n) is 10.0. The number of rotatable bonds is 3. The van der Waals surface area contributed by atoms with Crippen molar-refractivity contribution in [2.24, 2.45) is 0 Å². The fourth-order valence-corrected chi connectivity index (χ4v) is 2.03. The van der Waals surface area contributed by atoms with E-state index in [4.69, 9.17) is 0 Å². The van der Waals surface area contributed by atoms with Crippen LogP contribution in [0, 0.1) is 0 Å². The largest absolute Gasteiger partial charge is 1.00 e. The molecule has 0 radical (unpaired) electrons. The van der Waals surface area contributed by atoms with Crippen molar-refractivity contribution < 1.29 is 39.5 Å². The summed E-state index contributed by atoms with van der Waals surface area (Å²) in [5, 5.41) is 17.5. The van der Waals surface area contributed by atoms with Gasteiger partial charge in [0.1, 0.15) is 0 Å². The van der Waals surface area contributed by atoms with Crippen LogP contribution in [0.1, 0.15) is 12.8 Å². The van der Waals surface area contributed by atoms with Crippen molar-refractivity contribution in [2.75, 3.05) is 18.4 Å². The number of benzene rings is 1. The van der Waals surface area contributed by atoms with E-state index in [0.717, 1.165) is 5.69 Å². The van der Waals surface area contributed by atoms with Crippen LogP contribution in [0.25, 0.3) is 0 Å². The molecule has 0 bridgehead atoms. The maximum absolute atomic E-state index is 11.3. The van der Waals surface area contributed by atoms with Crippen molar-refractivity contribution >= 4 is 11.7 Å². The van der Waals surface area contributed by atoms with E-state index in [1.54, 1.807) is 0 Å². The van der Waals surface area contributed by atoms with Gasteiger partial charge in [-0.1, -0.05) is 18.2 Å².